The van der Waals surface area contributed by atoms with Gasteiger partial charge in [0.1, 0.15) is 5.75 Å². The molecule has 2 fully saturated rings. The van der Waals surface area contributed by atoms with E-state index in [-0.39, 0.29) is 5.92 Å². The van der Waals surface area contributed by atoms with E-state index in [0.717, 1.165) is 51.3 Å². The van der Waals surface area contributed by atoms with Crippen LogP contribution in [-0.2, 0) is 11.2 Å². The minimum absolute atomic E-state index is 0.201. The van der Waals surface area contributed by atoms with Crippen LogP contribution in [0.2, 0.25) is 0 Å². The highest BCUT2D eigenvalue weighted by molar-refractivity contribution is 5.83. The molecule has 0 radical (unpaired) electrons. The zero-order valence-corrected chi connectivity index (χ0v) is 16.0. The molecule has 1 aliphatic carbocycles. The maximum atomic E-state index is 12.8. The summed E-state index contributed by atoms with van der Waals surface area (Å²) in [6.45, 7) is 4.64. The maximum absolute atomic E-state index is 12.8. The number of nitrogens with zero attached hydrogens (tertiary/aromatic N) is 2. The Morgan fingerprint density at radius 1 is 1.00 bits per heavy atom. The van der Waals surface area contributed by atoms with Crippen molar-refractivity contribution in [3.8, 4) is 5.75 Å². The lowest BCUT2D eigenvalue weighted by molar-refractivity contribution is -0.134. The van der Waals surface area contributed by atoms with Gasteiger partial charge in [-0.05, 0) is 36.0 Å². The number of para-hydroxylation sites is 1. The number of carbonyl (C=O) groups is 1. The van der Waals surface area contributed by atoms with Crippen molar-refractivity contribution in [3.63, 3.8) is 0 Å². The summed E-state index contributed by atoms with van der Waals surface area (Å²) in [5.41, 5.74) is 2.56. The van der Waals surface area contributed by atoms with Gasteiger partial charge >= 0.3 is 0 Å². The number of hydrogen-bond donors (Lipinski definition) is 0. The lowest BCUT2D eigenvalue weighted by Crippen LogP contribution is -2.49. The quantitative estimate of drug-likeness (QED) is 0.789. The summed E-state index contributed by atoms with van der Waals surface area (Å²) in [4.78, 5) is 17.3. The van der Waals surface area contributed by atoms with Crippen LogP contribution in [-0.4, -0.2) is 55.5 Å². The lowest BCUT2D eigenvalue weighted by Gasteiger charge is -2.35. The fourth-order valence-electron chi connectivity index (χ4n) is 4.15. The first-order valence-electron chi connectivity index (χ1n) is 9.94. The Kier molecular flexibility index (Phi) is 5.44. The van der Waals surface area contributed by atoms with Crippen LogP contribution in [0.3, 0.4) is 0 Å². The number of methoxy groups -OCH3 is 1. The van der Waals surface area contributed by atoms with Crippen molar-refractivity contribution in [2.75, 3.05) is 39.8 Å². The van der Waals surface area contributed by atoms with Gasteiger partial charge in [0.25, 0.3) is 0 Å². The minimum Gasteiger partial charge on any atom is -0.496 e. The fourth-order valence-corrected chi connectivity index (χ4v) is 4.15. The molecule has 1 amide bonds. The van der Waals surface area contributed by atoms with Crippen LogP contribution in [0.25, 0.3) is 0 Å². The predicted molar refractivity (Wildman–Crippen MR) is 107 cm³/mol. The summed E-state index contributed by atoms with van der Waals surface area (Å²) in [7, 11) is 1.73. The van der Waals surface area contributed by atoms with Gasteiger partial charge in [-0.25, -0.2) is 0 Å². The van der Waals surface area contributed by atoms with Crippen molar-refractivity contribution < 1.29 is 9.53 Å². The third-order valence-electron chi connectivity index (χ3n) is 5.91. The highest BCUT2D eigenvalue weighted by atomic mass is 16.5. The van der Waals surface area contributed by atoms with Crippen LogP contribution in [0, 0.1) is 5.92 Å². The topological polar surface area (TPSA) is 32.8 Å². The van der Waals surface area contributed by atoms with E-state index in [1.807, 2.05) is 18.2 Å². The van der Waals surface area contributed by atoms with Gasteiger partial charge in [0.15, 0.2) is 0 Å². The van der Waals surface area contributed by atoms with Gasteiger partial charge in [-0.1, -0.05) is 48.5 Å². The fraction of sp³-hybridized carbons (Fsp3) is 0.435. The molecule has 2 aromatic rings. The highest BCUT2D eigenvalue weighted by Crippen LogP contribution is 2.48. The van der Waals surface area contributed by atoms with Crippen LogP contribution in [0.5, 0.6) is 5.75 Å². The van der Waals surface area contributed by atoms with Gasteiger partial charge in [0, 0.05) is 38.6 Å². The smallest absolute Gasteiger partial charge is 0.226 e. The van der Waals surface area contributed by atoms with Crippen LogP contribution in [0.15, 0.2) is 54.6 Å². The van der Waals surface area contributed by atoms with E-state index in [4.69, 9.17) is 4.74 Å². The summed E-state index contributed by atoms with van der Waals surface area (Å²) in [6.07, 6.45) is 1.99. The second kappa shape index (κ2) is 8.13. The lowest BCUT2D eigenvalue weighted by atomic mass is 10.1. The van der Waals surface area contributed by atoms with Crippen molar-refractivity contribution in [1.29, 1.82) is 0 Å². The number of benzene rings is 2. The Bertz CT molecular complexity index is 769. The Hall–Kier alpha value is -2.33. The third kappa shape index (κ3) is 4.16. The molecule has 0 N–H and O–H groups in total. The summed E-state index contributed by atoms with van der Waals surface area (Å²) in [5.74, 6) is 1.95. The van der Waals surface area contributed by atoms with Gasteiger partial charge in [-0.2, -0.15) is 0 Å². The first-order valence-corrected chi connectivity index (χ1v) is 9.94. The van der Waals surface area contributed by atoms with E-state index in [9.17, 15) is 4.79 Å². The van der Waals surface area contributed by atoms with Crippen LogP contribution in [0.4, 0.5) is 0 Å². The molecule has 4 nitrogen and oxygen atoms in total. The molecule has 1 aliphatic heterocycles. The molecule has 4 heteroatoms. The highest BCUT2D eigenvalue weighted by Gasteiger charge is 2.45. The third-order valence-corrected chi connectivity index (χ3v) is 5.91. The van der Waals surface area contributed by atoms with Crippen molar-refractivity contribution in [2.24, 2.45) is 5.92 Å². The number of amides is 1. The van der Waals surface area contributed by atoms with Crippen molar-refractivity contribution >= 4 is 5.91 Å². The second-order valence-corrected chi connectivity index (χ2v) is 7.59. The SMILES string of the molecule is COc1ccccc1CCN1CCN(C(=O)C2CC2c2ccccc2)CC1. The van der Waals surface area contributed by atoms with Crippen molar-refractivity contribution in [1.82, 2.24) is 9.80 Å². The van der Waals surface area contributed by atoms with Gasteiger partial charge in [0.2, 0.25) is 5.91 Å². The Labute approximate surface area is 161 Å². The number of carbonyl (C=O) groups excluding carboxylic acids is 1. The van der Waals surface area contributed by atoms with E-state index in [1.54, 1.807) is 7.11 Å². The number of piperazine rings is 1. The number of rotatable bonds is 6. The average Bonchev–Trinajstić information content (AvgIpc) is 3.54. The Morgan fingerprint density at radius 2 is 1.70 bits per heavy atom. The molecule has 2 atom stereocenters. The van der Waals surface area contributed by atoms with E-state index in [0.29, 0.717) is 11.8 Å². The molecule has 2 unspecified atom stereocenters. The van der Waals surface area contributed by atoms with Gasteiger partial charge in [-0.15, -0.1) is 0 Å². The standard InChI is InChI=1S/C23H28N2O2/c1-27-22-10-6-5-9-19(22)11-12-24-13-15-25(16-14-24)23(26)21-17-20(21)18-7-3-2-4-8-18/h2-10,20-21H,11-17H2,1H3. The molecule has 4 rings (SSSR count). The molecule has 2 aliphatic rings. The number of ether oxygens (including phenoxy) is 1. The summed E-state index contributed by atoms with van der Waals surface area (Å²) in [6, 6.07) is 18.7. The van der Waals surface area contributed by atoms with Gasteiger partial charge in [-0.3, -0.25) is 9.69 Å². The average molecular weight is 364 g/mol. The predicted octanol–water partition coefficient (Wildman–Crippen LogP) is 3.19. The van der Waals surface area contributed by atoms with E-state index < -0.39 is 0 Å². The Morgan fingerprint density at radius 3 is 2.44 bits per heavy atom. The van der Waals surface area contributed by atoms with Crippen LogP contribution < -0.4 is 4.74 Å². The van der Waals surface area contributed by atoms with E-state index in [1.165, 1.54) is 11.1 Å². The largest absolute Gasteiger partial charge is 0.496 e. The van der Waals surface area contributed by atoms with Crippen molar-refractivity contribution in [2.45, 2.75) is 18.8 Å². The molecule has 27 heavy (non-hydrogen) atoms. The molecular formula is C23H28N2O2. The normalized spacial score (nSPS) is 22.5. The van der Waals surface area contributed by atoms with Crippen LogP contribution >= 0.6 is 0 Å². The molecule has 1 saturated carbocycles. The molecule has 142 valence electrons. The maximum Gasteiger partial charge on any atom is 0.226 e. The van der Waals surface area contributed by atoms with Gasteiger partial charge < -0.3 is 9.64 Å². The summed E-state index contributed by atoms with van der Waals surface area (Å²) in [5, 5.41) is 0. The first kappa shape index (κ1) is 18.1. The van der Waals surface area contributed by atoms with Crippen molar-refractivity contribution in [3.05, 3.63) is 65.7 Å². The number of hydrogen-bond acceptors (Lipinski definition) is 3. The molecule has 0 spiro atoms. The Balaban J connectivity index is 1.24. The minimum atomic E-state index is 0.201. The van der Waals surface area contributed by atoms with Crippen LogP contribution in [0.1, 0.15) is 23.5 Å². The zero-order valence-electron chi connectivity index (χ0n) is 16.0. The molecule has 1 saturated heterocycles. The monoisotopic (exact) mass is 364 g/mol. The molecular weight excluding hydrogens is 336 g/mol. The molecule has 0 aromatic heterocycles. The van der Waals surface area contributed by atoms with E-state index in [2.05, 4.69) is 46.2 Å². The van der Waals surface area contributed by atoms with Gasteiger partial charge in [0.05, 0.1) is 7.11 Å². The first-order chi connectivity index (χ1) is 13.3. The second-order valence-electron chi connectivity index (χ2n) is 7.59. The molecule has 1 heterocycles. The zero-order chi connectivity index (χ0) is 18.6. The molecule has 0 bridgehead atoms. The summed E-state index contributed by atoms with van der Waals surface area (Å²) < 4.78 is 5.44. The van der Waals surface area contributed by atoms with E-state index >= 15 is 0 Å². The molecule has 2 aromatic carbocycles. The summed E-state index contributed by atoms with van der Waals surface area (Å²) >= 11 is 0.